The van der Waals surface area contributed by atoms with Gasteiger partial charge < -0.3 is 10.1 Å². The van der Waals surface area contributed by atoms with E-state index in [-0.39, 0.29) is 17.7 Å². The lowest BCUT2D eigenvalue weighted by molar-refractivity contribution is -0.120. The number of nitrogens with one attached hydrogen (secondary N) is 1. The van der Waals surface area contributed by atoms with Gasteiger partial charge in [0.2, 0.25) is 5.91 Å². The van der Waals surface area contributed by atoms with Crippen LogP contribution < -0.4 is 10.1 Å². The number of alkyl halides is 2. The van der Waals surface area contributed by atoms with Gasteiger partial charge in [-0.1, -0.05) is 29.8 Å². The summed E-state index contributed by atoms with van der Waals surface area (Å²) in [5.41, 5.74) is 2.85. The van der Waals surface area contributed by atoms with Crippen LogP contribution in [0.15, 0.2) is 48.5 Å². The number of carbonyl (C=O) groups excluding carboxylic acids is 1. The van der Waals surface area contributed by atoms with Gasteiger partial charge in [0, 0.05) is 12.2 Å². The van der Waals surface area contributed by atoms with Crippen molar-refractivity contribution in [2.45, 2.75) is 33.0 Å². The van der Waals surface area contributed by atoms with Crippen molar-refractivity contribution in [3.63, 3.8) is 0 Å². The van der Waals surface area contributed by atoms with Crippen molar-refractivity contribution in [1.29, 1.82) is 0 Å². The molecule has 0 aliphatic carbocycles. The van der Waals surface area contributed by atoms with Crippen molar-refractivity contribution in [2.75, 3.05) is 12.4 Å². The van der Waals surface area contributed by atoms with Crippen molar-refractivity contribution in [1.82, 2.24) is 4.90 Å². The number of aryl methyl sites for hydroxylation is 1. The zero-order valence-corrected chi connectivity index (χ0v) is 14.5. The number of benzene rings is 2. The van der Waals surface area contributed by atoms with Gasteiger partial charge in [0.25, 0.3) is 0 Å². The molecular weight excluding hydrogens is 326 g/mol. The smallest absolute Gasteiger partial charge is 0.387 e. The third-order valence-electron chi connectivity index (χ3n) is 3.94. The predicted molar refractivity (Wildman–Crippen MR) is 93.8 cm³/mol. The van der Waals surface area contributed by atoms with Crippen LogP contribution in [0.4, 0.5) is 14.5 Å². The van der Waals surface area contributed by atoms with Crippen LogP contribution in [0.1, 0.15) is 18.1 Å². The van der Waals surface area contributed by atoms with E-state index in [1.807, 2.05) is 50.1 Å². The molecular formula is C19H22F2N2O2. The van der Waals surface area contributed by atoms with Gasteiger partial charge in [0.1, 0.15) is 5.75 Å². The SMILES string of the molecule is Cc1ccc(CN(C)C(C)C(=O)Nc2ccc(OC(F)F)cc2)cc1. The molecule has 2 rings (SSSR count). The Morgan fingerprint density at radius 2 is 1.72 bits per heavy atom. The largest absolute Gasteiger partial charge is 0.435 e. The summed E-state index contributed by atoms with van der Waals surface area (Å²) in [4.78, 5) is 14.3. The van der Waals surface area contributed by atoms with Crippen LogP contribution in [-0.2, 0) is 11.3 Å². The Bertz CT molecular complexity index is 688. The molecule has 1 atom stereocenters. The summed E-state index contributed by atoms with van der Waals surface area (Å²) >= 11 is 0. The first-order valence-corrected chi connectivity index (χ1v) is 7.96. The summed E-state index contributed by atoms with van der Waals surface area (Å²) in [5.74, 6) is -0.116. The maximum absolute atomic E-state index is 12.4. The highest BCUT2D eigenvalue weighted by Crippen LogP contribution is 2.18. The van der Waals surface area contributed by atoms with Crippen LogP contribution in [0, 0.1) is 6.92 Å². The average Bonchev–Trinajstić information content (AvgIpc) is 2.57. The lowest BCUT2D eigenvalue weighted by atomic mass is 10.1. The molecule has 0 bridgehead atoms. The molecule has 25 heavy (non-hydrogen) atoms. The van der Waals surface area contributed by atoms with Crippen LogP contribution >= 0.6 is 0 Å². The predicted octanol–water partition coefficient (Wildman–Crippen LogP) is 4.06. The van der Waals surface area contributed by atoms with E-state index >= 15 is 0 Å². The van der Waals surface area contributed by atoms with E-state index in [1.54, 1.807) is 0 Å². The molecule has 2 aromatic carbocycles. The van der Waals surface area contributed by atoms with Gasteiger partial charge in [-0.05, 0) is 50.7 Å². The first kappa shape index (κ1) is 18.9. The number of carbonyl (C=O) groups is 1. The number of likely N-dealkylation sites (N-methyl/N-ethyl adjacent to an activating group) is 1. The first-order valence-electron chi connectivity index (χ1n) is 7.96. The van der Waals surface area contributed by atoms with Crippen molar-refractivity contribution < 1.29 is 18.3 Å². The zero-order valence-electron chi connectivity index (χ0n) is 14.5. The lowest BCUT2D eigenvalue weighted by Gasteiger charge is -2.24. The van der Waals surface area contributed by atoms with Crippen LogP contribution in [0.2, 0.25) is 0 Å². The molecule has 1 unspecified atom stereocenters. The molecule has 0 aromatic heterocycles. The minimum atomic E-state index is -2.86. The van der Waals surface area contributed by atoms with Gasteiger partial charge in [-0.15, -0.1) is 0 Å². The van der Waals surface area contributed by atoms with Gasteiger partial charge in [0.15, 0.2) is 0 Å². The number of nitrogens with zero attached hydrogens (tertiary/aromatic N) is 1. The summed E-state index contributed by atoms with van der Waals surface area (Å²) in [5, 5.41) is 2.77. The molecule has 4 nitrogen and oxygen atoms in total. The van der Waals surface area contributed by atoms with Crippen LogP contribution in [0.5, 0.6) is 5.75 Å². The van der Waals surface area contributed by atoms with Gasteiger partial charge in [-0.3, -0.25) is 9.69 Å². The molecule has 0 heterocycles. The lowest BCUT2D eigenvalue weighted by Crippen LogP contribution is -2.39. The van der Waals surface area contributed by atoms with Crippen LogP contribution in [0.25, 0.3) is 0 Å². The van der Waals surface area contributed by atoms with Gasteiger partial charge in [-0.2, -0.15) is 8.78 Å². The fourth-order valence-corrected chi connectivity index (χ4v) is 2.28. The number of hydrogen-bond donors (Lipinski definition) is 1. The van der Waals surface area contributed by atoms with E-state index in [0.717, 1.165) is 5.56 Å². The highest BCUT2D eigenvalue weighted by Gasteiger charge is 2.18. The van der Waals surface area contributed by atoms with E-state index in [2.05, 4.69) is 10.1 Å². The Kier molecular flexibility index (Phi) is 6.47. The summed E-state index contributed by atoms with van der Waals surface area (Å²) in [7, 11) is 1.88. The molecule has 0 fully saturated rings. The minimum absolute atomic E-state index is 0.0533. The quantitative estimate of drug-likeness (QED) is 0.821. The maximum Gasteiger partial charge on any atom is 0.387 e. The molecule has 0 saturated heterocycles. The second-order valence-corrected chi connectivity index (χ2v) is 5.97. The highest BCUT2D eigenvalue weighted by molar-refractivity contribution is 5.94. The Hall–Kier alpha value is -2.47. The monoisotopic (exact) mass is 348 g/mol. The third-order valence-corrected chi connectivity index (χ3v) is 3.94. The molecule has 134 valence electrons. The second-order valence-electron chi connectivity index (χ2n) is 5.97. The zero-order chi connectivity index (χ0) is 18.4. The van der Waals surface area contributed by atoms with Crippen molar-refractivity contribution in [3.8, 4) is 5.75 Å². The fourth-order valence-electron chi connectivity index (χ4n) is 2.28. The number of ether oxygens (including phenoxy) is 1. The molecule has 0 saturated carbocycles. The van der Waals surface area contributed by atoms with Crippen molar-refractivity contribution >= 4 is 11.6 Å². The summed E-state index contributed by atoms with van der Waals surface area (Å²) in [6, 6.07) is 13.7. The number of anilines is 1. The Morgan fingerprint density at radius 1 is 1.12 bits per heavy atom. The first-order chi connectivity index (χ1) is 11.8. The van der Waals surface area contributed by atoms with E-state index in [0.29, 0.717) is 12.2 Å². The van der Waals surface area contributed by atoms with E-state index in [1.165, 1.54) is 29.8 Å². The van der Waals surface area contributed by atoms with Crippen molar-refractivity contribution in [3.05, 3.63) is 59.7 Å². The van der Waals surface area contributed by atoms with E-state index in [9.17, 15) is 13.6 Å². The summed E-state index contributed by atoms with van der Waals surface area (Å²) < 4.78 is 28.5. The van der Waals surface area contributed by atoms with Crippen LogP contribution in [-0.4, -0.2) is 30.5 Å². The fraction of sp³-hybridized carbons (Fsp3) is 0.316. The molecule has 0 aliphatic heterocycles. The maximum atomic E-state index is 12.4. The van der Waals surface area contributed by atoms with Gasteiger partial charge in [0.05, 0.1) is 6.04 Å². The average molecular weight is 348 g/mol. The molecule has 6 heteroatoms. The standard InChI is InChI=1S/C19H22F2N2O2/c1-13-4-6-15(7-5-13)12-23(3)14(2)18(24)22-16-8-10-17(11-9-16)25-19(20)21/h4-11,14,19H,12H2,1-3H3,(H,22,24). The Labute approximate surface area is 146 Å². The molecule has 0 aliphatic rings. The third kappa shape index (κ3) is 5.83. The molecule has 1 amide bonds. The summed E-state index contributed by atoms with van der Waals surface area (Å²) in [6.45, 7) is 1.63. The number of amides is 1. The highest BCUT2D eigenvalue weighted by atomic mass is 19.3. The van der Waals surface area contributed by atoms with E-state index < -0.39 is 6.61 Å². The van der Waals surface area contributed by atoms with E-state index in [4.69, 9.17) is 0 Å². The Balaban J connectivity index is 1.91. The number of halogens is 2. The Morgan fingerprint density at radius 3 is 2.28 bits per heavy atom. The second kappa shape index (κ2) is 8.58. The number of hydrogen-bond acceptors (Lipinski definition) is 3. The summed E-state index contributed by atoms with van der Waals surface area (Å²) in [6.07, 6.45) is 0. The van der Waals surface area contributed by atoms with Gasteiger partial charge in [-0.25, -0.2) is 0 Å². The molecule has 0 radical (unpaired) electrons. The van der Waals surface area contributed by atoms with Gasteiger partial charge >= 0.3 is 6.61 Å². The van der Waals surface area contributed by atoms with Crippen molar-refractivity contribution in [2.24, 2.45) is 0 Å². The van der Waals surface area contributed by atoms with Crippen LogP contribution in [0.3, 0.4) is 0 Å². The molecule has 0 spiro atoms. The topological polar surface area (TPSA) is 41.6 Å². The molecule has 1 N–H and O–H groups in total. The molecule has 2 aromatic rings. The number of rotatable bonds is 7. The minimum Gasteiger partial charge on any atom is -0.435 e. The normalized spacial score (nSPS) is 12.3.